The van der Waals surface area contributed by atoms with Gasteiger partial charge < -0.3 is 10.1 Å². The average Bonchev–Trinajstić information content (AvgIpc) is 2.61. The van der Waals surface area contributed by atoms with Crippen LogP contribution in [0.4, 0.5) is 0 Å². The van der Waals surface area contributed by atoms with Gasteiger partial charge in [-0.3, -0.25) is 4.79 Å². The van der Waals surface area contributed by atoms with Crippen LogP contribution in [0.5, 0.6) is 0 Å². The molecule has 1 saturated heterocycles. The van der Waals surface area contributed by atoms with E-state index in [-0.39, 0.29) is 17.8 Å². The van der Waals surface area contributed by atoms with Crippen molar-refractivity contribution >= 4 is 11.9 Å². The zero-order chi connectivity index (χ0) is 12.0. The van der Waals surface area contributed by atoms with Gasteiger partial charge in [0.1, 0.15) is 6.04 Å². The Kier molecular flexibility index (Phi) is 5.29. The van der Waals surface area contributed by atoms with Gasteiger partial charge in [-0.2, -0.15) is 0 Å². The maximum absolute atomic E-state index is 11.6. The van der Waals surface area contributed by atoms with Gasteiger partial charge in [-0.15, -0.1) is 0 Å². The molecule has 0 aromatic heterocycles. The van der Waals surface area contributed by atoms with E-state index in [1.807, 2.05) is 0 Å². The molecule has 1 aliphatic heterocycles. The van der Waals surface area contributed by atoms with E-state index in [1.165, 1.54) is 0 Å². The summed E-state index contributed by atoms with van der Waals surface area (Å²) < 4.78 is 4.96. The zero-order valence-electron chi connectivity index (χ0n) is 10.1. The second kappa shape index (κ2) is 6.51. The molecule has 4 nitrogen and oxygen atoms in total. The number of unbranched alkanes of at least 4 members (excludes halogenated alkanes) is 2. The summed E-state index contributed by atoms with van der Waals surface area (Å²) in [4.78, 5) is 22.9. The number of nitrogens with one attached hydrogen (secondary N) is 1. The van der Waals surface area contributed by atoms with Crippen LogP contribution in [0.1, 0.15) is 46.0 Å². The lowest BCUT2D eigenvalue weighted by atomic mass is 9.94. The van der Waals surface area contributed by atoms with Gasteiger partial charge in [0.05, 0.1) is 6.61 Å². The number of ether oxygens (including phenoxy) is 1. The number of hydrogen-bond donors (Lipinski definition) is 1. The van der Waals surface area contributed by atoms with Crippen molar-refractivity contribution in [2.45, 2.75) is 52.0 Å². The second-order valence-electron chi connectivity index (χ2n) is 4.26. The highest BCUT2D eigenvalue weighted by molar-refractivity contribution is 5.88. The van der Waals surface area contributed by atoms with Gasteiger partial charge in [0.15, 0.2) is 0 Å². The van der Waals surface area contributed by atoms with Crippen molar-refractivity contribution in [3.63, 3.8) is 0 Å². The van der Waals surface area contributed by atoms with E-state index in [2.05, 4.69) is 12.2 Å². The van der Waals surface area contributed by atoms with E-state index >= 15 is 0 Å². The first-order valence-electron chi connectivity index (χ1n) is 6.15. The van der Waals surface area contributed by atoms with Crippen LogP contribution in [-0.2, 0) is 14.3 Å². The summed E-state index contributed by atoms with van der Waals surface area (Å²) in [7, 11) is 0. The van der Waals surface area contributed by atoms with Crippen molar-refractivity contribution in [1.82, 2.24) is 5.32 Å². The number of rotatable bonds is 6. The quantitative estimate of drug-likeness (QED) is 0.554. The topological polar surface area (TPSA) is 55.4 Å². The van der Waals surface area contributed by atoms with Crippen LogP contribution < -0.4 is 5.32 Å². The molecule has 1 fully saturated rings. The van der Waals surface area contributed by atoms with Crippen LogP contribution >= 0.6 is 0 Å². The molecule has 1 N–H and O–H groups in total. The lowest BCUT2D eigenvalue weighted by Crippen LogP contribution is -2.38. The molecule has 1 amide bonds. The standard InChI is InChI=1S/C12H21NO3/c1-3-5-6-7-9-8-10(14)13-11(9)12(15)16-4-2/h9,11H,3-8H2,1-2H3,(H,13,14). The van der Waals surface area contributed by atoms with E-state index in [9.17, 15) is 9.59 Å². The third kappa shape index (κ3) is 3.51. The second-order valence-corrected chi connectivity index (χ2v) is 4.26. The van der Waals surface area contributed by atoms with E-state index in [1.54, 1.807) is 6.92 Å². The molecule has 1 heterocycles. The minimum Gasteiger partial charge on any atom is -0.464 e. The molecule has 16 heavy (non-hydrogen) atoms. The van der Waals surface area contributed by atoms with Gasteiger partial charge >= 0.3 is 5.97 Å². The first kappa shape index (κ1) is 13.0. The minimum absolute atomic E-state index is 0.0282. The number of carbonyl (C=O) groups is 2. The Morgan fingerprint density at radius 1 is 1.44 bits per heavy atom. The molecule has 1 rings (SSSR count). The molecule has 0 saturated carbocycles. The van der Waals surface area contributed by atoms with E-state index in [0.29, 0.717) is 13.0 Å². The van der Waals surface area contributed by atoms with Crippen LogP contribution in [0, 0.1) is 5.92 Å². The molecular weight excluding hydrogens is 206 g/mol. The van der Waals surface area contributed by atoms with Crippen molar-refractivity contribution in [3.8, 4) is 0 Å². The van der Waals surface area contributed by atoms with Crippen LogP contribution in [0.2, 0.25) is 0 Å². The largest absolute Gasteiger partial charge is 0.464 e. The van der Waals surface area contributed by atoms with Crippen molar-refractivity contribution in [2.75, 3.05) is 6.61 Å². The summed E-state index contributed by atoms with van der Waals surface area (Å²) in [6.45, 7) is 4.29. The molecule has 0 spiro atoms. The fourth-order valence-corrected chi connectivity index (χ4v) is 2.11. The normalized spacial score (nSPS) is 24.2. The predicted molar refractivity (Wildman–Crippen MR) is 60.8 cm³/mol. The Labute approximate surface area is 96.7 Å². The number of carbonyl (C=O) groups excluding carboxylic acids is 2. The summed E-state index contributed by atoms with van der Waals surface area (Å²) in [5, 5.41) is 2.70. The van der Waals surface area contributed by atoms with E-state index in [4.69, 9.17) is 4.74 Å². The lowest BCUT2D eigenvalue weighted by Gasteiger charge is -2.16. The summed E-state index contributed by atoms with van der Waals surface area (Å²) >= 11 is 0. The Bertz CT molecular complexity index is 253. The summed E-state index contributed by atoms with van der Waals surface area (Å²) in [6, 6.07) is -0.413. The summed E-state index contributed by atoms with van der Waals surface area (Å²) in [5.74, 6) is -0.187. The highest BCUT2D eigenvalue weighted by Crippen LogP contribution is 2.23. The number of esters is 1. The van der Waals surface area contributed by atoms with Crippen LogP contribution in [0.25, 0.3) is 0 Å². The molecule has 0 aromatic rings. The maximum Gasteiger partial charge on any atom is 0.328 e. The Balaban J connectivity index is 2.45. The third-order valence-electron chi connectivity index (χ3n) is 2.95. The zero-order valence-corrected chi connectivity index (χ0v) is 10.1. The molecule has 0 bridgehead atoms. The maximum atomic E-state index is 11.6. The minimum atomic E-state index is -0.413. The highest BCUT2D eigenvalue weighted by atomic mass is 16.5. The van der Waals surface area contributed by atoms with Crippen molar-refractivity contribution in [2.24, 2.45) is 5.92 Å². The Morgan fingerprint density at radius 3 is 2.81 bits per heavy atom. The van der Waals surface area contributed by atoms with Gasteiger partial charge in [-0.1, -0.05) is 26.2 Å². The van der Waals surface area contributed by atoms with Gasteiger partial charge in [-0.25, -0.2) is 4.79 Å². The van der Waals surface area contributed by atoms with Gasteiger partial charge in [0.2, 0.25) is 5.91 Å². The molecule has 1 aliphatic rings. The fraction of sp³-hybridized carbons (Fsp3) is 0.833. The SMILES string of the molecule is CCCCCC1CC(=O)NC1C(=O)OCC. The molecule has 4 heteroatoms. The van der Waals surface area contributed by atoms with Crippen LogP contribution in [0.3, 0.4) is 0 Å². The summed E-state index contributed by atoms with van der Waals surface area (Å²) in [6.07, 6.45) is 4.77. The van der Waals surface area contributed by atoms with Crippen LogP contribution in [0.15, 0.2) is 0 Å². The van der Waals surface area contributed by atoms with E-state index < -0.39 is 6.04 Å². The van der Waals surface area contributed by atoms with Crippen molar-refractivity contribution in [3.05, 3.63) is 0 Å². The molecule has 92 valence electrons. The molecule has 0 aliphatic carbocycles. The molecule has 2 unspecified atom stereocenters. The molecular formula is C12H21NO3. The van der Waals surface area contributed by atoms with Gasteiger partial charge in [0.25, 0.3) is 0 Å². The Morgan fingerprint density at radius 2 is 2.19 bits per heavy atom. The third-order valence-corrected chi connectivity index (χ3v) is 2.95. The highest BCUT2D eigenvalue weighted by Gasteiger charge is 2.37. The average molecular weight is 227 g/mol. The van der Waals surface area contributed by atoms with E-state index in [0.717, 1.165) is 25.7 Å². The number of hydrogen-bond acceptors (Lipinski definition) is 3. The van der Waals surface area contributed by atoms with Crippen molar-refractivity contribution in [1.29, 1.82) is 0 Å². The molecule has 0 aromatic carbocycles. The monoisotopic (exact) mass is 227 g/mol. The van der Waals surface area contributed by atoms with Crippen molar-refractivity contribution < 1.29 is 14.3 Å². The van der Waals surface area contributed by atoms with Crippen LogP contribution in [-0.4, -0.2) is 24.5 Å². The number of amides is 1. The first-order valence-corrected chi connectivity index (χ1v) is 6.15. The summed E-state index contributed by atoms with van der Waals surface area (Å²) in [5.41, 5.74) is 0. The fourth-order valence-electron chi connectivity index (χ4n) is 2.11. The first-order chi connectivity index (χ1) is 7.69. The van der Waals surface area contributed by atoms with Gasteiger partial charge in [0, 0.05) is 6.42 Å². The smallest absolute Gasteiger partial charge is 0.328 e. The predicted octanol–water partition coefficient (Wildman–Crippen LogP) is 1.63. The van der Waals surface area contributed by atoms with Gasteiger partial charge in [-0.05, 0) is 19.3 Å². The molecule has 2 atom stereocenters. The lowest BCUT2D eigenvalue weighted by molar-refractivity contribution is -0.147. The Hall–Kier alpha value is -1.06. The molecule has 0 radical (unpaired) electrons.